The SMILES string of the molecule is CCOC(=O)C12CC1/C=C\CCCCC[C@@H](CC(=O)N1CCCCC1)C(=O)N1C[C@H](Oc3cc(-c4ccccc4)nc4cc(OC)ccc34)C[C@H]1C(=O)N2.COc1ccc2c(O[C@@H]3C[C@H]4C(=O)NC5(C(=O)O)CC5/C=C\CCCCC[C@@H](CC(=O)N5CCCCC5)C(=O)N4C3)cc(-c3ccccc3)nc2c1. The van der Waals surface area contributed by atoms with Gasteiger partial charge in [0.1, 0.15) is 58.4 Å². The lowest BCUT2D eigenvalue weighted by atomic mass is 9.94. The van der Waals surface area contributed by atoms with Crippen LogP contribution in [0, 0.1) is 23.7 Å². The van der Waals surface area contributed by atoms with E-state index < -0.39 is 71.0 Å². The van der Waals surface area contributed by atoms with Crippen LogP contribution in [-0.2, 0) is 43.1 Å². The predicted molar refractivity (Wildman–Crippen MR) is 400 cm³/mol. The zero-order valence-corrected chi connectivity index (χ0v) is 61.3. The van der Waals surface area contributed by atoms with E-state index in [9.17, 15) is 43.5 Å². The van der Waals surface area contributed by atoms with Gasteiger partial charge in [0.05, 0.1) is 56.3 Å². The molecule has 6 fully saturated rings. The monoisotopic (exact) mass is 1440 g/mol. The molecule has 6 aliphatic heterocycles. The van der Waals surface area contributed by atoms with Crippen LogP contribution in [0.15, 0.2) is 133 Å². The molecule has 106 heavy (non-hydrogen) atoms. The zero-order chi connectivity index (χ0) is 73.9. The second-order valence-corrected chi connectivity index (χ2v) is 29.9. The largest absolute Gasteiger partial charge is 0.497 e. The summed E-state index contributed by atoms with van der Waals surface area (Å²) in [6, 6.07) is 32.7. The first-order valence-corrected chi connectivity index (χ1v) is 38.5. The summed E-state index contributed by atoms with van der Waals surface area (Å²) in [4.78, 5) is 128. The molecule has 22 nitrogen and oxygen atoms in total. The first-order valence-electron chi connectivity index (χ1n) is 38.5. The number of aromatic nitrogens is 2. The molecule has 8 heterocycles. The van der Waals surface area contributed by atoms with Gasteiger partial charge >= 0.3 is 11.9 Å². The number of rotatable bonds is 15. The van der Waals surface area contributed by atoms with Gasteiger partial charge in [0.15, 0.2) is 0 Å². The Morgan fingerprint density at radius 2 is 0.953 bits per heavy atom. The van der Waals surface area contributed by atoms with Crippen molar-refractivity contribution in [2.45, 2.75) is 184 Å². The number of allylic oxidation sites excluding steroid dienone is 2. The number of methoxy groups -OCH3 is 2. The number of aliphatic carboxylic acids is 1. The third-order valence-electron chi connectivity index (χ3n) is 22.7. The van der Waals surface area contributed by atoms with E-state index >= 15 is 0 Å². The fraction of sp³-hybridized carbons (Fsp3) is 0.500. The molecule has 4 aromatic carbocycles. The van der Waals surface area contributed by atoms with Gasteiger partial charge in [0.2, 0.25) is 35.4 Å². The standard InChI is InChI=1S/C43H52N4O7.C41H48N4O7/c1-3-53-42(51)43-27-31(43)18-12-6-4-5-9-17-30(23-39(48)46-21-13-8-14-22-46)41(50)47-28-33(25-37(47)40(49)45-43)54-38-26-35(29-15-10-7-11-16-29)44-36-24-32(52-2)19-20-34(36)38;1-51-30-17-18-32-34(22-30)42-33(27-13-8-5-9-14-27)24-36(32)52-31-23-35-38(47)43-41(40(49)50)25-29(41)16-10-4-2-3-7-15-28(39(48)45(35)26-31)21-37(46)44-19-11-6-12-20-44/h7,10-12,15-16,18-20,24,26,30-31,33,37H,3-6,8-9,13-14,17,21-23,25,27-28H2,1-2H3,(H,45,49);5,8-10,13-14,16-18,22,24,28-29,31,35H,2-4,6-7,11-12,15,19-21,23,25-26H2,1H3,(H,43,47)(H,49,50)/b18-12-;16-10-/t30-,31?,33+,37-,43?;28-,29?,31+,35-,41?/m00/s1. The lowest BCUT2D eigenvalue weighted by Gasteiger charge is -2.31. The van der Waals surface area contributed by atoms with E-state index in [1.165, 1.54) is 0 Å². The Balaban J connectivity index is 0.000000188. The summed E-state index contributed by atoms with van der Waals surface area (Å²) < 4.78 is 30.0. The number of nitrogens with one attached hydrogen (secondary N) is 2. The minimum Gasteiger partial charge on any atom is -0.497 e. The lowest BCUT2D eigenvalue weighted by Crippen LogP contribution is -2.54. The predicted octanol–water partition coefficient (Wildman–Crippen LogP) is 12.0. The van der Waals surface area contributed by atoms with Crippen LogP contribution in [0.3, 0.4) is 0 Å². The molecule has 6 amide bonds. The van der Waals surface area contributed by atoms with Gasteiger partial charge in [-0.25, -0.2) is 19.6 Å². The highest BCUT2D eigenvalue weighted by atomic mass is 16.5. The summed E-state index contributed by atoms with van der Waals surface area (Å²) in [6.45, 7) is 5.05. The van der Waals surface area contributed by atoms with Crippen LogP contribution < -0.4 is 29.6 Å². The van der Waals surface area contributed by atoms with Crippen molar-refractivity contribution in [1.29, 1.82) is 0 Å². The Morgan fingerprint density at radius 1 is 0.528 bits per heavy atom. The number of carbonyl (C=O) groups excluding carboxylic acids is 7. The van der Waals surface area contributed by atoms with Crippen LogP contribution in [0.1, 0.15) is 148 Å². The Hall–Kier alpha value is -9.86. The fourth-order valence-corrected chi connectivity index (χ4v) is 16.4. The number of piperidine rings is 2. The second-order valence-electron chi connectivity index (χ2n) is 29.9. The molecule has 560 valence electrons. The minimum absolute atomic E-state index is 0.00360. The van der Waals surface area contributed by atoms with Crippen LogP contribution >= 0.6 is 0 Å². The third kappa shape index (κ3) is 17.0. The molecule has 0 radical (unpaired) electrons. The van der Waals surface area contributed by atoms with Gasteiger partial charge < -0.3 is 59.0 Å². The number of pyridine rings is 2. The normalized spacial score (nSPS) is 27.1. The van der Waals surface area contributed by atoms with Crippen molar-refractivity contribution < 1.29 is 67.1 Å². The van der Waals surface area contributed by atoms with Crippen molar-refractivity contribution in [3.8, 4) is 45.5 Å². The molecule has 0 bridgehead atoms. The number of benzene rings is 4. The van der Waals surface area contributed by atoms with Crippen LogP contribution in [0.25, 0.3) is 44.3 Å². The van der Waals surface area contributed by atoms with E-state index in [1.54, 1.807) is 30.9 Å². The number of carbonyl (C=O) groups is 8. The Bertz CT molecular complexity index is 4250. The Morgan fingerprint density at radius 3 is 1.39 bits per heavy atom. The average Bonchev–Trinajstić information content (AvgIpc) is 1.58. The van der Waals surface area contributed by atoms with Gasteiger partial charge in [-0.2, -0.15) is 0 Å². The van der Waals surface area contributed by atoms with E-state index in [0.29, 0.717) is 97.3 Å². The van der Waals surface area contributed by atoms with Crippen LogP contribution in [0.2, 0.25) is 0 Å². The maximum Gasteiger partial charge on any atom is 0.332 e. The molecular weight excluding hydrogens is 1340 g/mol. The van der Waals surface area contributed by atoms with Crippen molar-refractivity contribution in [1.82, 2.24) is 40.2 Å². The highest BCUT2D eigenvalue weighted by Crippen LogP contribution is 2.48. The fourth-order valence-electron chi connectivity index (χ4n) is 16.4. The summed E-state index contributed by atoms with van der Waals surface area (Å²) >= 11 is 0. The molecule has 2 aliphatic carbocycles. The number of carboxylic acid groups (broad SMARTS) is 1. The molecule has 4 unspecified atom stereocenters. The van der Waals surface area contributed by atoms with Gasteiger partial charge in [-0.15, -0.1) is 0 Å². The molecule has 4 saturated heterocycles. The van der Waals surface area contributed by atoms with Gasteiger partial charge in [0, 0.05) is 122 Å². The van der Waals surface area contributed by atoms with Crippen molar-refractivity contribution in [3.05, 3.63) is 133 Å². The van der Waals surface area contributed by atoms with E-state index in [-0.39, 0.29) is 80.8 Å². The van der Waals surface area contributed by atoms with Crippen molar-refractivity contribution >= 4 is 69.2 Å². The molecule has 14 rings (SSSR count). The van der Waals surface area contributed by atoms with E-state index in [2.05, 4.69) is 16.7 Å². The quantitative estimate of drug-likeness (QED) is 0.0637. The van der Waals surface area contributed by atoms with Crippen LogP contribution in [0.5, 0.6) is 23.0 Å². The topological polar surface area (TPSA) is 266 Å². The van der Waals surface area contributed by atoms with Crippen molar-refractivity contribution in [3.63, 3.8) is 0 Å². The summed E-state index contributed by atoms with van der Waals surface area (Å²) in [5.74, 6) is -2.19. The first-order chi connectivity index (χ1) is 51.5. The molecule has 6 aromatic rings. The van der Waals surface area contributed by atoms with E-state index in [0.717, 1.165) is 112 Å². The molecule has 0 spiro atoms. The molecular formula is C84H100N8O14. The first kappa shape index (κ1) is 74.4. The van der Waals surface area contributed by atoms with Gasteiger partial charge in [-0.3, -0.25) is 28.8 Å². The minimum atomic E-state index is -1.41. The van der Waals surface area contributed by atoms with Crippen molar-refractivity contribution in [2.75, 3.05) is 60.1 Å². The van der Waals surface area contributed by atoms with E-state index in [1.807, 2.05) is 137 Å². The molecule has 2 aromatic heterocycles. The Labute approximate surface area is 619 Å². The highest BCUT2D eigenvalue weighted by Gasteiger charge is 2.63. The molecule has 10 atom stereocenters. The molecule has 8 aliphatic rings. The number of amides is 6. The maximum absolute atomic E-state index is 14.7. The van der Waals surface area contributed by atoms with Gasteiger partial charge in [-0.05, 0) is 121 Å². The van der Waals surface area contributed by atoms with E-state index in [4.69, 9.17) is 33.7 Å². The lowest BCUT2D eigenvalue weighted by molar-refractivity contribution is -0.150. The van der Waals surface area contributed by atoms with Crippen LogP contribution in [0.4, 0.5) is 0 Å². The summed E-state index contributed by atoms with van der Waals surface area (Å²) in [6.07, 6.45) is 22.2. The van der Waals surface area contributed by atoms with Crippen molar-refractivity contribution in [2.24, 2.45) is 23.7 Å². The zero-order valence-electron chi connectivity index (χ0n) is 61.3. The highest BCUT2D eigenvalue weighted by molar-refractivity contribution is 5.98. The number of hydrogen-bond acceptors (Lipinski definition) is 15. The summed E-state index contributed by atoms with van der Waals surface area (Å²) in [5, 5.41) is 17.7. The van der Waals surface area contributed by atoms with Gasteiger partial charge in [-0.1, -0.05) is 111 Å². The summed E-state index contributed by atoms with van der Waals surface area (Å²) in [7, 11) is 3.21. The maximum atomic E-state index is 14.7. The van der Waals surface area contributed by atoms with Crippen LogP contribution in [-0.4, -0.2) is 178 Å². The number of ether oxygens (including phenoxy) is 5. The number of likely N-dealkylation sites (tertiary alicyclic amines) is 2. The Kier molecular flexibility index (Phi) is 23.7. The molecule has 2 saturated carbocycles. The number of nitrogens with zero attached hydrogens (tertiary/aromatic N) is 6. The third-order valence-corrected chi connectivity index (χ3v) is 22.7. The average molecular weight is 1450 g/mol. The van der Waals surface area contributed by atoms with Gasteiger partial charge in [0.25, 0.3) is 0 Å². The molecule has 3 N–H and O–H groups in total. The number of esters is 1. The smallest absolute Gasteiger partial charge is 0.332 e. The summed E-state index contributed by atoms with van der Waals surface area (Å²) in [5.41, 5.74) is 2.01. The second kappa shape index (κ2) is 33.7. The number of fused-ring (bicyclic) bond motifs is 6. The number of hydrogen-bond donors (Lipinski definition) is 3. The number of carboxylic acids is 1. The molecule has 22 heteroatoms.